The van der Waals surface area contributed by atoms with E-state index in [1.54, 1.807) is 6.07 Å². The Morgan fingerprint density at radius 3 is 2.39 bits per heavy atom. The molecule has 0 saturated heterocycles. The molecule has 0 bridgehead atoms. The third kappa shape index (κ3) is 2.37. The molecule has 0 aliphatic carbocycles. The highest BCUT2D eigenvalue weighted by Crippen LogP contribution is 2.28. The Kier molecular flexibility index (Phi) is 3.66. The maximum atomic E-state index is 13.6. The number of anilines is 1. The van der Waals surface area contributed by atoms with E-state index < -0.39 is 0 Å². The molecule has 0 fully saturated rings. The lowest BCUT2D eigenvalue weighted by atomic mass is 9.95. The van der Waals surface area contributed by atoms with Crippen LogP contribution in [-0.2, 0) is 12.8 Å². The van der Waals surface area contributed by atoms with Crippen LogP contribution in [0.5, 0.6) is 0 Å². The molecule has 0 radical (unpaired) electrons. The van der Waals surface area contributed by atoms with Crippen molar-refractivity contribution >= 4 is 5.69 Å². The van der Waals surface area contributed by atoms with Crippen molar-refractivity contribution in [3.8, 4) is 11.1 Å². The second-order valence-corrected chi connectivity index (χ2v) is 4.43. The van der Waals surface area contributed by atoms with Crippen LogP contribution in [0.2, 0.25) is 0 Å². The minimum absolute atomic E-state index is 0.198. The van der Waals surface area contributed by atoms with Crippen molar-refractivity contribution in [2.24, 2.45) is 0 Å². The van der Waals surface area contributed by atoms with Gasteiger partial charge in [0.05, 0.1) is 5.69 Å². The predicted molar refractivity (Wildman–Crippen MR) is 75.0 cm³/mol. The van der Waals surface area contributed by atoms with E-state index in [2.05, 4.69) is 32.0 Å². The van der Waals surface area contributed by atoms with Crippen LogP contribution in [0.3, 0.4) is 0 Å². The van der Waals surface area contributed by atoms with Crippen molar-refractivity contribution in [2.45, 2.75) is 26.7 Å². The fraction of sp³-hybridized carbons (Fsp3) is 0.250. The van der Waals surface area contributed by atoms with Crippen molar-refractivity contribution in [2.75, 3.05) is 5.73 Å². The van der Waals surface area contributed by atoms with Crippen molar-refractivity contribution in [3.05, 3.63) is 53.3 Å². The first-order valence-electron chi connectivity index (χ1n) is 6.33. The summed E-state index contributed by atoms with van der Waals surface area (Å²) < 4.78 is 13.6. The van der Waals surface area contributed by atoms with E-state index in [4.69, 9.17) is 5.73 Å². The molecule has 0 aliphatic heterocycles. The Bertz CT molecular complexity index is 561. The van der Waals surface area contributed by atoms with Gasteiger partial charge in [0.15, 0.2) is 0 Å². The first-order chi connectivity index (χ1) is 8.65. The highest BCUT2D eigenvalue weighted by Gasteiger charge is 2.07. The lowest BCUT2D eigenvalue weighted by molar-refractivity contribution is 0.633. The summed E-state index contributed by atoms with van der Waals surface area (Å²) in [6.07, 6.45) is 1.92. The van der Waals surface area contributed by atoms with Crippen LogP contribution >= 0.6 is 0 Å². The molecule has 18 heavy (non-hydrogen) atoms. The first-order valence-corrected chi connectivity index (χ1v) is 6.33. The van der Waals surface area contributed by atoms with Crippen LogP contribution in [0.25, 0.3) is 11.1 Å². The molecule has 2 aromatic carbocycles. The minimum Gasteiger partial charge on any atom is -0.396 e. The molecular formula is C16H18FN. The molecule has 0 aromatic heterocycles. The van der Waals surface area contributed by atoms with Gasteiger partial charge in [-0.2, -0.15) is 0 Å². The fourth-order valence-corrected chi connectivity index (χ4v) is 2.12. The van der Waals surface area contributed by atoms with E-state index in [1.165, 1.54) is 17.2 Å². The average Bonchev–Trinajstić information content (AvgIpc) is 2.41. The largest absolute Gasteiger partial charge is 0.396 e. The van der Waals surface area contributed by atoms with E-state index in [1.807, 2.05) is 6.07 Å². The molecule has 2 heteroatoms. The molecular weight excluding hydrogens is 225 g/mol. The van der Waals surface area contributed by atoms with E-state index in [0.29, 0.717) is 0 Å². The van der Waals surface area contributed by atoms with Gasteiger partial charge in [0.25, 0.3) is 0 Å². The van der Waals surface area contributed by atoms with Crippen LogP contribution in [0.1, 0.15) is 25.0 Å². The van der Waals surface area contributed by atoms with Gasteiger partial charge in [-0.05, 0) is 47.2 Å². The van der Waals surface area contributed by atoms with Gasteiger partial charge in [-0.15, -0.1) is 0 Å². The second-order valence-electron chi connectivity index (χ2n) is 4.43. The zero-order valence-corrected chi connectivity index (χ0v) is 10.8. The summed E-state index contributed by atoms with van der Waals surface area (Å²) in [6, 6.07) is 11.4. The number of rotatable bonds is 3. The van der Waals surface area contributed by atoms with Gasteiger partial charge < -0.3 is 5.73 Å². The molecule has 2 N–H and O–H groups in total. The van der Waals surface area contributed by atoms with E-state index >= 15 is 0 Å². The van der Waals surface area contributed by atoms with Crippen molar-refractivity contribution in [3.63, 3.8) is 0 Å². The van der Waals surface area contributed by atoms with Gasteiger partial charge in [0, 0.05) is 0 Å². The molecule has 0 amide bonds. The number of nitrogen functional groups attached to an aromatic ring is 1. The molecule has 0 unspecified atom stereocenters. The molecule has 0 spiro atoms. The van der Waals surface area contributed by atoms with Crippen molar-refractivity contribution < 1.29 is 4.39 Å². The SMILES string of the molecule is CCc1ccc(CC)c(-c2ccc(N)c(F)c2)c1. The summed E-state index contributed by atoms with van der Waals surface area (Å²) in [4.78, 5) is 0. The quantitative estimate of drug-likeness (QED) is 0.803. The molecule has 0 atom stereocenters. The number of hydrogen-bond acceptors (Lipinski definition) is 1. The van der Waals surface area contributed by atoms with Gasteiger partial charge in [0.1, 0.15) is 5.82 Å². The van der Waals surface area contributed by atoms with Crippen LogP contribution in [0.4, 0.5) is 10.1 Å². The third-order valence-electron chi connectivity index (χ3n) is 3.27. The monoisotopic (exact) mass is 243 g/mol. The molecule has 0 saturated carbocycles. The lowest BCUT2D eigenvalue weighted by Crippen LogP contribution is -1.94. The molecule has 2 rings (SSSR count). The number of aryl methyl sites for hydroxylation is 2. The van der Waals surface area contributed by atoms with E-state index in [0.717, 1.165) is 24.0 Å². The standard InChI is InChI=1S/C16H18FN/c1-3-11-5-6-12(4-2)14(9-11)13-7-8-16(18)15(17)10-13/h5-10H,3-4,18H2,1-2H3. The summed E-state index contributed by atoms with van der Waals surface area (Å²) in [5, 5.41) is 0. The summed E-state index contributed by atoms with van der Waals surface area (Å²) in [6.45, 7) is 4.23. The normalized spacial score (nSPS) is 10.6. The van der Waals surface area contributed by atoms with Crippen molar-refractivity contribution in [1.29, 1.82) is 0 Å². The molecule has 1 nitrogen and oxygen atoms in total. The highest BCUT2D eigenvalue weighted by atomic mass is 19.1. The summed E-state index contributed by atoms with van der Waals surface area (Å²) in [5.41, 5.74) is 10.2. The topological polar surface area (TPSA) is 26.0 Å². The van der Waals surface area contributed by atoms with Gasteiger partial charge in [-0.3, -0.25) is 0 Å². The number of benzene rings is 2. The Morgan fingerprint density at radius 1 is 1.00 bits per heavy atom. The molecule has 94 valence electrons. The predicted octanol–water partition coefficient (Wildman–Crippen LogP) is 4.20. The van der Waals surface area contributed by atoms with Crippen LogP contribution in [0.15, 0.2) is 36.4 Å². The maximum absolute atomic E-state index is 13.6. The Hall–Kier alpha value is -1.83. The zero-order valence-electron chi connectivity index (χ0n) is 10.8. The highest BCUT2D eigenvalue weighted by molar-refractivity contribution is 5.70. The summed E-state index contributed by atoms with van der Waals surface area (Å²) in [5.74, 6) is -0.351. The first kappa shape index (κ1) is 12.6. The van der Waals surface area contributed by atoms with Gasteiger partial charge in [0.2, 0.25) is 0 Å². The number of halogens is 1. The number of hydrogen-bond donors (Lipinski definition) is 1. The van der Waals surface area contributed by atoms with Crippen LogP contribution in [-0.4, -0.2) is 0 Å². The van der Waals surface area contributed by atoms with E-state index in [9.17, 15) is 4.39 Å². The maximum Gasteiger partial charge on any atom is 0.146 e. The second kappa shape index (κ2) is 5.21. The van der Waals surface area contributed by atoms with E-state index in [-0.39, 0.29) is 11.5 Å². The minimum atomic E-state index is -0.351. The molecule has 0 aliphatic rings. The zero-order chi connectivity index (χ0) is 13.1. The Morgan fingerprint density at radius 2 is 1.78 bits per heavy atom. The van der Waals surface area contributed by atoms with Crippen LogP contribution in [0, 0.1) is 5.82 Å². The fourth-order valence-electron chi connectivity index (χ4n) is 2.12. The van der Waals surface area contributed by atoms with Crippen molar-refractivity contribution in [1.82, 2.24) is 0 Å². The summed E-state index contributed by atoms with van der Waals surface area (Å²) >= 11 is 0. The smallest absolute Gasteiger partial charge is 0.146 e. The van der Waals surface area contributed by atoms with Gasteiger partial charge in [-0.25, -0.2) is 4.39 Å². The average molecular weight is 243 g/mol. The molecule has 2 aromatic rings. The van der Waals surface area contributed by atoms with Gasteiger partial charge in [-0.1, -0.05) is 38.1 Å². The lowest BCUT2D eigenvalue weighted by Gasteiger charge is -2.11. The Balaban J connectivity index is 2.57. The Labute approximate surface area is 107 Å². The third-order valence-corrected chi connectivity index (χ3v) is 3.27. The summed E-state index contributed by atoms with van der Waals surface area (Å²) in [7, 11) is 0. The molecule has 0 heterocycles. The van der Waals surface area contributed by atoms with Crippen LogP contribution < -0.4 is 5.73 Å². The number of nitrogens with two attached hydrogens (primary N) is 1. The van der Waals surface area contributed by atoms with Gasteiger partial charge >= 0.3 is 0 Å².